The first-order valence-electron chi connectivity index (χ1n) is 9.48. The van der Waals surface area contributed by atoms with Crippen molar-refractivity contribution in [3.05, 3.63) is 65.7 Å². The first-order valence-corrected chi connectivity index (χ1v) is 9.48. The number of hydrogen-bond acceptors (Lipinski definition) is 3. The van der Waals surface area contributed by atoms with Crippen LogP contribution in [0.5, 0.6) is 0 Å². The molecule has 0 radical (unpaired) electrons. The number of nitrogens with one attached hydrogen (secondary N) is 2. The quantitative estimate of drug-likeness (QED) is 0.624. The van der Waals surface area contributed by atoms with Crippen LogP contribution in [0.3, 0.4) is 0 Å². The van der Waals surface area contributed by atoms with Gasteiger partial charge in [0.25, 0.3) is 5.91 Å². The Bertz CT molecular complexity index is 731. The molecule has 0 aliphatic carbocycles. The summed E-state index contributed by atoms with van der Waals surface area (Å²) in [4.78, 5) is 25.3. The van der Waals surface area contributed by atoms with E-state index in [-0.39, 0.29) is 17.7 Å². The molecular formula is C22H28N2O3. The second-order valence-electron chi connectivity index (χ2n) is 6.21. The van der Waals surface area contributed by atoms with Crippen LogP contribution in [0.15, 0.2) is 54.6 Å². The van der Waals surface area contributed by atoms with Gasteiger partial charge in [-0.25, -0.2) is 0 Å². The van der Waals surface area contributed by atoms with Crippen LogP contribution in [0.1, 0.15) is 48.5 Å². The predicted octanol–water partition coefficient (Wildman–Crippen LogP) is 3.98. The van der Waals surface area contributed by atoms with Gasteiger partial charge in [0.2, 0.25) is 5.91 Å². The van der Waals surface area contributed by atoms with Crippen LogP contribution in [0.25, 0.3) is 0 Å². The van der Waals surface area contributed by atoms with Gasteiger partial charge in [0.1, 0.15) is 0 Å². The molecule has 2 aromatic rings. The first-order chi connectivity index (χ1) is 13.2. The Morgan fingerprint density at radius 2 is 1.70 bits per heavy atom. The molecular weight excluding hydrogens is 340 g/mol. The Morgan fingerprint density at radius 3 is 2.41 bits per heavy atom. The fraction of sp³-hybridized carbons (Fsp3) is 0.364. The zero-order valence-electron chi connectivity index (χ0n) is 16.0. The predicted molar refractivity (Wildman–Crippen MR) is 108 cm³/mol. The summed E-state index contributed by atoms with van der Waals surface area (Å²) in [6, 6.07) is 16.8. The van der Waals surface area contributed by atoms with Crippen molar-refractivity contribution in [2.24, 2.45) is 0 Å². The van der Waals surface area contributed by atoms with Gasteiger partial charge in [-0.05, 0) is 37.5 Å². The van der Waals surface area contributed by atoms with Crippen LogP contribution in [-0.4, -0.2) is 31.6 Å². The molecule has 1 atom stereocenters. The van der Waals surface area contributed by atoms with Gasteiger partial charge in [-0.15, -0.1) is 0 Å². The van der Waals surface area contributed by atoms with Gasteiger partial charge in [0.15, 0.2) is 0 Å². The molecule has 5 nitrogen and oxygen atoms in total. The molecule has 2 rings (SSSR count). The van der Waals surface area contributed by atoms with E-state index in [1.165, 1.54) is 0 Å². The van der Waals surface area contributed by atoms with E-state index < -0.39 is 0 Å². The number of anilines is 1. The van der Waals surface area contributed by atoms with Crippen LogP contribution in [0.4, 0.5) is 5.69 Å². The van der Waals surface area contributed by atoms with Gasteiger partial charge in [-0.1, -0.05) is 49.4 Å². The van der Waals surface area contributed by atoms with Crippen LogP contribution in [0, 0.1) is 0 Å². The minimum Gasteiger partial charge on any atom is -0.382 e. The molecule has 0 saturated heterocycles. The maximum Gasteiger partial charge on any atom is 0.253 e. The fourth-order valence-corrected chi connectivity index (χ4v) is 2.88. The lowest BCUT2D eigenvalue weighted by molar-refractivity contribution is -0.117. The molecule has 144 valence electrons. The minimum absolute atomic E-state index is 0.111. The summed E-state index contributed by atoms with van der Waals surface area (Å²) in [6.07, 6.45) is 1.43. The number of hydrogen-bond donors (Lipinski definition) is 2. The zero-order chi connectivity index (χ0) is 19.5. The van der Waals surface area contributed by atoms with Crippen molar-refractivity contribution in [3.8, 4) is 0 Å². The maximum atomic E-state index is 12.8. The molecule has 0 spiro atoms. The van der Waals surface area contributed by atoms with E-state index in [0.29, 0.717) is 37.4 Å². The highest BCUT2D eigenvalue weighted by atomic mass is 16.5. The van der Waals surface area contributed by atoms with Crippen molar-refractivity contribution in [2.75, 3.05) is 25.1 Å². The Labute approximate surface area is 161 Å². The second kappa shape index (κ2) is 11.1. The lowest BCUT2D eigenvalue weighted by Gasteiger charge is -2.17. The van der Waals surface area contributed by atoms with Crippen LogP contribution in [0.2, 0.25) is 0 Å². The molecule has 0 aromatic heterocycles. The van der Waals surface area contributed by atoms with E-state index >= 15 is 0 Å². The van der Waals surface area contributed by atoms with E-state index in [1.54, 1.807) is 18.2 Å². The standard InChI is InChI=1S/C22H28N2O3/c1-3-18(17-11-6-5-7-12-17)22(26)24-20-14-9-8-13-19(20)21(25)23-15-10-16-27-4-2/h5-9,11-14,18H,3-4,10,15-16H2,1-2H3,(H,23,25)(H,24,26). The second-order valence-corrected chi connectivity index (χ2v) is 6.21. The SMILES string of the molecule is CCOCCCNC(=O)c1ccccc1NC(=O)C(CC)c1ccccc1. The third-order valence-corrected chi connectivity index (χ3v) is 4.31. The third-order valence-electron chi connectivity index (χ3n) is 4.31. The minimum atomic E-state index is -0.256. The highest BCUT2D eigenvalue weighted by molar-refractivity contribution is 6.05. The van der Waals surface area contributed by atoms with Crippen LogP contribution >= 0.6 is 0 Å². The average Bonchev–Trinajstić information content (AvgIpc) is 2.69. The molecule has 0 fully saturated rings. The van der Waals surface area contributed by atoms with E-state index in [9.17, 15) is 9.59 Å². The molecule has 0 bridgehead atoms. The fourth-order valence-electron chi connectivity index (χ4n) is 2.88. The number of ether oxygens (including phenoxy) is 1. The normalized spacial score (nSPS) is 11.6. The Kier molecular flexibility index (Phi) is 8.52. The van der Waals surface area contributed by atoms with E-state index in [0.717, 1.165) is 12.0 Å². The highest BCUT2D eigenvalue weighted by Gasteiger charge is 2.20. The van der Waals surface area contributed by atoms with Crippen molar-refractivity contribution in [2.45, 2.75) is 32.6 Å². The summed E-state index contributed by atoms with van der Waals surface area (Å²) in [5, 5.41) is 5.80. The monoisotopic (exact) mass is 368 g/mol. The first kappa shape index (κ1) is 20.6. The molecule has 0 saturated carbocycles. The van der Waals surface area contributed by atoms with Crippen molar-refractivity contribution in [1.29, 1.82) is 0 Å². The number of benzene rings is 2. The lowest BCUT2D eigenvalue weighted by atomic mass is 9.95. The summed E-state index contributed by atoms with van der Waals surface area (Å²) < 4.78 is 5.27. The molecule has 0 heterocycles. The highest BCUT2D eigenvalue weighted by Crippen LogP contribution is 2.23. The summed E-state index contributed by atoms with van der Waals surface area (Å²) in [7, 11) is 0. The summed E-state index contributed by atoms with van der Waals surface area (Å²) in [5.74, 6) is -0.566. The molecule has 27 heavy (non-hydrogen) atoms. The van der Waals surface area contributed by atoms with Gasteiger partial charge in [-0.2, -0.15) is 0 Å². The number of carbonyl (C=O) groups excluding carboxylic acids is 2. The number of carbonyl (C=O) groups is 2. The number of para-hydroxylation sites is 1. The van der Waals surface area contributed by atoms with E-state index in [2.05, 4.69) is 10.6 Å². The molecule has 2 aromatic carbocycles. The van der Waals surface area contributed by atoms with Gasteiger partial charge in [0, 0.05) is 19.8 Å². The average molecular weight is 368 g/mol. The van der Waals surface area contributed by atoms with Gasteiger partial charge in [0.05, 0.1) is 17.2 Å². The Morgan fingerprint density at radius 1 is 1.00 bits per heavy atom. The largest absolute Gasteiger partial charge is 0.382 e. The Balaban J connectivity index is 2.04. The van der Waals surface area contributed by atoms with E-state index in [4.69, 9.17) is 4.74 Å². The lowest BCUT2D eigenvalue weighted by Crippen LogP contribution is -2.28. The Hall–Kier alpha value is -2.66. The number of amides is 2. The topological polar surface area (TPSA) is 67.4 Å². The van der Waals surface area contributed by atoms with Gasteiger partial charge < -0.3 is 15.4 Å². The smallest absolute Gasteiger partial charge is 0.253 e. The molecule has 5 heteroatoms. The molecule has 2 N–H and O–H groups in total. The van der Waals surface area contributed by atoms with Crippen molar-refractivity contribution < 1.29 is 14.3 Å². The summed E-state index contributed by atoms with van der Waals surface area (Å²) in [6.45, 7) is 5.74. The van der Waals surface area contributed by atoms with Gasteiger partial charge >= 0.3 is 0 Å². The van der Waals surface area contributed by atoms with Crippen molar-refractivity contribution in [1.82, 2.24) is 5.32 Å². The molecule has 2 amide bonds. The van der Waals surface area contributed by atoms with Crippen molar-refractivity contribution in [3.63, 3.8) is 0 Å². The maximum absolute atomic E-state index is 12.8. The summed E-state index contributed by atoms with van der Waals surface area (Å²) >= 11 is 0. The van der Waals surface area contributed by atoms with Crippen molar-refractivity contribution >= 4 is 17.5 Å². The molecule has 0 aliphatic heterocycles. The molecule has 1 unspecified atom stereocenters. The zero-order valence-corrected chi connectivity index (χ0v) is 16.0. The number of rotatable bonds is 10. The molecule has 0 aliphatic rings. The summed E-state index contributed by atoms with van der Waals surface area (Å²) in [5.41, 5.74) is 1.96. The van der Waals surface area contributed by atoms with Crippen LogP contribution < -0.4 is 10.6 Å². The van der Waals surface area contributed by atoms with E-state index in [1.807, 2.05) is 50.2 Å². The van der Waals surface area contributed by atoms with Gasteiger partial charge in [-0.3, -0.25) is 9.59 Å². The third kappa shape index (κ3) is 6.22. The van der Waals surface area contributed by atoms with Crippen LogP contribution in [-0.2, 0) is 9.53 Å².